The minimum absolute atomic E-state index is 0.173. The Hall–Kier alpha value is -2.39. The molecule has 0 radical (unpaired) electrons. The molecule has 3 N–H and O–H groups in total. The number of benzene rings is 1. The van der Waals surface area contributed by atoms with Crippen molar-refractivity contribution in [2.45, 2.75) is 6.42 Å². The maximum atomic E-state index is 12.1. The highest BCUT2D eigenvalue weighted by molar-refractivity contribution is 9.10. The Balaban J connectivity index is 2.15. The van der Waals surface area contributed by atoms with E-state index in [1.54, 1.807) is 30.3 Å². The normalized spacial score (nSPS) is 9.80. The summed E-state index contributed by atoms with van der Waals surface area (Å²) in [5.74, 6) is -0.156. The topological polar surface area (TPSA) is 91.8 Å². The number of nitrogen functional groups attached to an aromatic ring is 1. The minimum atomic E-state index is -0.329. The Labute approximate surface area is 124 Å². The van der Waals surface area contributed by atoms with Gasteiger partial charge in [-0.25, -0.2) is 4.98 Å². The van der Waals surface area contributed by atoms with Gasteiger partial charge in [0.2, 0.25) is 0 Å². The molecule has 1 heterocycles. The summed E-state index contributed by atoms with van der Waals surface area (Å²) in [5.41, 5.74) is 7.52. The van der Waals surface area contributed by atoms with Crippen LogP contribution >= 0.6 is 15.9 Å². The van der Waals surface area contributed by atoms with Crippen LogP contribution in [0.4, 0.5) is 11.5 Å². The number of nitrogens with one attached hydrogen (secondary N) is 1. The number of nitrogens with zero attached hydrogens (tertiary/aromatic N) is 2. The van der Waals surface area contributed by atoms with E-state index in [0.29, 0.717) is 22.1 Å². The first-order valence-electron chi connectivity index (χ1n) is 5.78. The van der Waals surface area contributed by atoms with E-state index in [0.717, 1.165) is 5.56 Å². The molecule has 0 bridgehead atoms. The Morgan fingerprint density at radius 1 is 1.40 bits per heavy atom. The summed E-state index contributed by atoms with van der Waals surface area (Å²) in [4.78, 5) is 16.0. The van der Waals surface area contributed by atoms with Gasteiger partial charge in [-0.05, 0) is 39.7 Å². The van der Waals surface area contributed by atoms with Crippen molar-refractivity contribution in [3.05, 3.63) is 52.1 Å². The van der Waals surface area contributed by atoms with Crippen LogP contribution in [0.25, 0.3) is 0 Å². The Kier molecular flexibility index (Phi) is 4.33. The van der Waals surface area contributed by atoms with Gasteiger partial charge in [0.15, 0.2) is 0 Å². The molecule has 0 unspecified atom stereocenters. The maximum absolute atomic E-state index is 12.1. The average molecular weight is 331 g/mol. The van der Waals surface area contributed by atoms with Crippen LogP contribution in [-0.2, 0) is 6.42 Å². The number of carbonyl (C=O) groups excluding carboxylic acids is 1. The van der Waals surface area contributed by atoms with Gasteiger partial charge in [-0.3, -0.25) is 4.79 Å². The van der Waals surface area contributed by atoms with Crippen LogP contribution in [0.1, 0.15) is 15.9 Å². The third-order valence-corrected chi connectivity index (χ3v) is 3.06. The van der Waals surface area contributed by atoms with E-state index >= 15 is 0 Å². The van der Waals surface area contributed by atoms with Gasteiger partial charge in [0, 0.05) is 16.4 Å². The van der Waals surface area contributed by atoms with Crippen molar-refractivity contribution in [1.82, 2.24) is 4.98 Å². The number of aromatic nitrogens is 1. The molecule has 0 saturated carbocycles. The summed E-state index contributed by atoms with van der Waals surface area (Å²) in [6.45, 7) is 0. The van der Waals surface area contributed by atoms with E-state index in [9.17, 15) is 4.79 Å². The molecule has 2 rings (SSSR count). The number of rotatable bonds is 3. The van der Waals surface area contributed by atoms with Crippen molar-refractivity contribution in [1.29, 1.82) is 5.26 Å². The summed E-state index contributed by atoms with van der Waals surface area (Å²) in [6.07, 6.45) is 1.87. The van der Waals surface area contributed by atoms with Gasteiger partial charge in [0.25, 0.3) is 5.91 Å². The predicted molar refractivity (Wildman–Crippen MR) is 80.1 cm³/mol. The second-order valence-electron chi connectivity index (χ2n) is 4.07. The average Bonchev–Trinajstić information content (AvgIpc) is 2.44. The van der Waals surface area contributed by atoms with Gasteiger partial charge in [0.1, 0.15) is 5.82 Å². The molecule has 0 aliphatic rings. The van der Waals surface area contributed by atoms with Crippen LogP contribution in [0, 0.1) is 11.3 Å². The lowest BCUT2D eigenvalue weighted by Crippen LogP contribution is -2.14. The van der Waals surface area contributed by atoms with Gasteiger partial charge in [0.05, 0.1) is 18.1 Å². The number of anilines is 2. The Bertz CT molecular complexity index is 677. The van der Waals surface area contributed by atoms with Crippen LogP contribution in [0.2, 0.25) is 0 Å². The lowest BCUT2D eigenvalue weighted by atomic mass is 10.1. The Morgan fingerprint density at radius 2 is 2.10 bits per heavy atom. The number of pyridine rings is 1. The lowest BCUT2D eigenvalue weighted by molar-refractivity contribution is 0.102. The van der Waals surface area contributed by atoms with Crippen LogP contribution in [0.15, 0.2) is 41.0 Å². The van der Waals surface area contributed by atoms with E-state index in [1.165, 1.54) is 6.20 Å². The molecule has 6 heteroatoms. The van der Waals surface area contributed by atoms with Crippen LogP contribution in [0.3, 0.4) is 0 Å². The quantitative estimate of drug-likeness (QED) is 0.904. The molecule has 1 aromatic carbocycles. The number of hydrogen-bond donors (Lipinski definition) is 2. The molecule has 1 aromatic heterocycles. The summed E-state index contributed by atoms with van der Waals surface area (Å²) < 4.78 is 0.682. The molecule has 0 saturated heterocycles. The molecule has 0 spiro atoms. The number of hydrogen-bond acceptors (Lipinski definition) is 4. The monoisotopic (exact) mass is 330 g/mol. The van der Waals surface area contributed by atoms with Crippen molar-refractivity contribution in [3.8, 4) is 6.07 Å². The predicted octanol–water partition coefficient (Wildman–Crippen LogP) is 2.74. The van der Waals surface area contributed by atoms with E-state index in [1.807, 2.05) is 0 Å². The number of nitrogens with two attached hydrogens (primary N) is 1. The van der Waals surface area contributed by atoms with Gasteiger partial charge in [-0.2, -0.15) is 5.26 Å². The van der Waals surface area contributed by atoms with E-state index < -0.39 is 0 Å². The minimum Gasteiger partial charge on any atom is -0.383 e. The van der Waals surface area contributed by atoms with Crippen LogP contribution < -0.4 is 11.1 Å². The fourth-order valence-corrected chi connectivity index (χ4v) is 1.96. The molecule has 0 atom stereocenters. The molecule has 5 nitrogen and oxygen atoms in total. The fourth-order valence-electron chi connectivity index (χ4n) is 1.63. The summed E-state index contributed by atoms with van der Waals surface area (Å²) >= 11 is 3.25. The first-order chi connectivity index (χ1) is 9.60. The molecular formula is C14H11BrN4O. The number of carbonyl (C=O) groups is 1. The standard InChI is InChI=1S/C14H11BrN4O/c15-10-7-12(13(17)18-8-10)14(20)19-11-3-1-9(2-4-11)5-6-16/h1-4,7-8H,5H2,(H2,17,18)(H,19,20). The van der Waals surface area contributed by atoms with Crippen LogP contribution in [0.5, 0.6) is 0 Å². The molecule has 2 aromatic rings. The van der Waals surface area contributed by atoms with Crippen LogP contribution in [-0.4, -0.2) is 10.9 Å². The smallest absolute Gasteiger partial charge is 0.259 e. The zero-order chi connectivity index (χ0) is 14.5. The third kappa shape index (κ3) is 3.33. The first kappa shape index (κ1) is 14.0. The van der Waals surface area contributed by atoms with E-state index in [-0.39, 0.29) is 11.7 Å². The highest BCUT2D eigenvalue weighted by atomic mass is 79.9. The first-order valence-corrected chi connectivity index (χ1v) is 6.57. The van der Waals surface area contributed by atoms with Crippen molar-refractivity contribution >= 4 is 33.3 Å². The van der Waals surface area contributed by atoms with Gasteiger partial charge < -0.3 is 11.1 Å². The van der Waals surface area contributed by atoms with Gasteiger partial charge in [-0.1, -0.05) is 12.1 Å². The third-order valence-electron chi connectivity index (χ3n) is 2.62. The fraction of sp³-hybridized carbons (Fsp3) is 0.0714. The highest BCUT2D eigenvalue weighted by Crippen LogP contribution is 2.18. The summed E-state index contributed by atoms with van der Waals surface area (Å²) in [5, 5.41) is 11.3. The number of amides is 1. The molecule has 100 valence electrons. The SMILES string of the molecule is N#CCc1ccc(NC(=O)c2cc(Br)cnc2N)cc1. The molecule has 0 aliphatic heterocycles. The van der Waals surface area contributed by atoms with Crippen molar-refractivity contribution in [2.24, 2.45) is 0 Å². The molecule has 20 heavy (non-hydrogen) atoms. The van der Waals surface area contributed by atoms with Gasteiger partial charge in [-0.15, -0.1) is 0 Å². The van der Waals surface area contributed by atoms with Crippen molar-refractivity contribution in [2.75, 3.05) is 11.1 Å². The summed E-state index contributed by atoms with van der Waals surface area (Å²) in [7, 11) is 0. The number of halogens is 1. The van der Waals surface area contributed by atoms with Crippen molar-refractivity contribution < 1.29 is 4.79 Å². The molecule has 0 aliphatic carbocycles. The second kappa shape index (κ2) is 6.17. The lowest BCUT2D eigenvalue weighted by Gasteiger charge is -2.07. The van der Waals surface area contributed by atoms with Gasteiger partial charge >= 0.3 is 0 Å². The highest BCUT2D eigenvalue weighted by Gasteiger charge is 2.11. The maximum Gasteiger partial charge on any atom is 0.259 e. The summed E-state index contributed by atoms with van der Waals surface area (Å²) in [6, 6.07) is 10.7. The van der Waals surface area contributed by atoms with E-state index in [2.05, 4.69) is 32.3 Å². The van der Waals surface area contributed by atoms with Crippen molar-refractivity contribution in [3.63, 3.8) is 0 Å². The second-order valence-corrected chi connectivity index (χ2v) is 4.99. The largest absolute Gasteiger partial charge is 0.383 e. The zero-order valence-corrected chi connectivity index (χ0v) is 12.0. The van der Waals surface area contributed by atoms with E-state index in [4.69, 9.17) is 11.0 Å². The Morgan fingerprint density at radius 3 is 2.75 bits per heavy atom. The molecule has 0 fully saturated rings. The number of nitriles is 1. The zero-order valence-electron chi connectivity index (χ0n) is 10.4. The molecular weight excluding hydrogens is 320 g/mol. The molecule has 1 amide bonds.